The van der Waals surface area contributed by atoms with Crippen LogP contribution >= 0.6 is 15.9 Å². The van der Waals surface area contributed by atoms with E-state index in [0.29, 0.717) is 37.0 Å². The van der Waals surface area contributed by atoms with Gasteiger partial charge in [0.1, 0.15) is 11.4 Å². The Morgan fingerprint density at radius 2 is 1.85 bits per heavy atom. The molecular formula is C27H27BrF3N5O4. The number of hydrogen-bond acceptors (Lipinski definition) is 6. The van der Waals surface area contributed by atoms with Crippen LogP contribution in [0.4, 0.5) is 18.0 Å². The number of rotatable bonds is 5. The Morgan fingerprint density at radius 1 is 1.12 bits per heavy atom. The van der Waals surface area contributed by atoms with Gasteiger partial charge < -0.3 is 14.1 Å². The predicted molar refractivity (Wildman–Crippen MR) is 144 cm³/mol. The first kappa shape index (κ1) is 27.9. The van der Waals surface area contributed by atoms with Crippen LogP contribution in [-0.2, 0) is 11.3 Å². The third-order valence-electron chi connectivity index (χ3n) is 6.66. The fourth-order valence-electron chi connectivity index (χ4n) is 4.81. The van der Waals surface area contributed by atoms with Crippen LogP contribution in [0.25, 0.3) is 22.5 Å². The van der Waals surface area contributed by atoms with E-state index in [0.717, 1.165) is 10.5 Å². The van der Waals surface area contributed by atoms with Crippen LogP contribution in [-0.4, -0.2) is 49.0 Å². The molecule has 1 amide bonds. The van der Waals surface area contributed by atoms with E-state index in [4.69, 9.17) is 9.15 Å². The summed E-state index contributed by atoms with van der Waals surface area (Å²) in [7, 11) is 0. The molecule has 1 saturated heterocycles. The maximum Gasteiger partial charge on any atom is 0.410 e. The van der Waals surface area contributed by atoms with Crippen LogP contribution in [0, 0.1) is 5.82 Å². The lowest BCUT2D eigenvalue weighted by molar-refractivity contribution is 0.0188. The van der Waals surface area contributed by atoms with E-state index in [-0.39, 0.29) is 41.4 Å². The first-order chi connectivity index (χ1) is 18.9. The third-order valence-corrected chi connectivity index (χ3v) is 7.16. The lowest BCUT2D eigenvalue weighted by Gasteiger charge is -2.33. The van der Waals surface area contributed by atoms with Crippen LogP contribution in [0.15, 0.2) is 50.1 Å². The van der Waals surface area contributed by atoms with Gasteiger partial charge in [-0.1, -0.05) is 22.0 Å². The number of carbonyl (C=O) groups excluding carboxylic acids is 1. The highest BCUT2D eigenvalue weighted by molar-refractivity contribution is 9.10. The Bertz CT molecular complexity index is 1620. The summed E-state index contributed by atoms with van der Waals surface area (Å²) in [5.41, 5.74) is 0.792. The fraction of sp³-hybridized carbons (Fsp3) is 0.407. The van der Waals surface area contributed by atoms with Gasteiger partial charge in [0.15, 0.2) is 0 Å². The third kappa shape index (κ3) is 5.65. The van der Waals surface area contributed by atoms with E-state index in [1.165, 1.54) is 16.7 Å². The second-order valence-electron chi connectivity index (χ2n) is 10.6. The topological polar surface area (TPSA) is 95.4 Å². The van der Waals surface area contributed by atoms with Gasteiger partial charge in [-0.25, -0.2) is 14.0 Å². The van der Waals surface area contributed by atoms with Crippen LogP contribution in [0.3, 0.4) is 0 Å². The van der Waals surface area contributed by atoms with E-state index < -0.39 is 23.7 Å². The summed E-state index contributed by atoms with van der Waals surface area (Å²) in [6, 6.07) is 9.38. The Morgan fingerprint density at radius 3 is 2.48 bits per heavy atom. The molecule has 0 bridgehead atoms. The zero-order chi connectivity index (χ0) is 28.8. The molecular weight excluding hydrogens is 595 g/mol. The number of likely N-dealkylation sites (tertiary alicyclic amines) is 1. The number of ether oxygens (including phenoxy) is 1. The minimum Gasteiger partial charge on any atom is -0.444 e. The number of nitrogens with zero attached hydrogens (tertiary/aromatic N) is 5. The van der Waals surface area contributed by atoms with Crippen molar-refractivity contribution in [1.82, 2.24) is 24.2 Å². The average Bonchev–Trinajstić information content (AvgIpc) is 3.48. The van der Waals surface area contributed by atoms with Gasteiger partial charge in [-0.05, 0) is 63.9 Å². The molecule has 0 spiro atoms. The highest BCUT2D eigenvalue weighted by Gasteiger charge is 2.30. The van der Waals surface area contributed by atoms with Gasteiger partial charge in [-0.2, -0.15) is 8.78 Å². The van der Waals surface area contributed by atoms with Crippen molar-refractivity contribution >= 4 is 33.1 Å². The molecule has 2 aromatic carbocycles. The molecule has 4 aromatic rings. The normalized spacial score (nSPS) is 14.8. The number of piperidine rings is 1. The summed E-state index contributed by atoms with van der Waals surface area (Å²) in [5.74, 6) is -1.72. The summed E-state index contributed by atoms with van der Waals surface area (Å²) < 4.78 is 55.1. The molecule has 1 aliphatic heterocycles. The molecule has 0 unspecified atom stereocenters. The zero-order valence-electron chi connectivity index (χ0n) is 22.0. The zero-order valence-corrected chi connectivity index (χ0v) is 23.6. The molecule has 0 aliphatic carbocycles. The summed E-state index contributed by atoms with van der Waals surface area (Å²) in [4.78, 5) is 27.9. The first-order valence-electron chi connectivity index (χ1n) is 12.7. The van der Waals surface area contributed by atoms with Crippen molar-refractivity contribution in [3.05, 3.63) is 68.6 Å². The molecule has 3 heterocycles. The molecule has 40 heavy (non-hydrogen) atoms. The van der Waals surface area contributed by atoms with E-state index >= 15 is 4.39 Å². The van der Waals surface area contributed by atoms with Crippen molar-refractivity contribution in [2.45, 2.75) is 58.2 Å². The maximum absolute atomic E-state index is 15.2. The second-order valence-corrected chi connectivity index (χ2v) is 11.5. The van der Waals surface area contributed by atoms with E-state index in [1.807, 2.05) is 32.9 Å². The fourth-order valence-corrected chi connectivity index (χ4v) is 5.16. The molecule has 1 aliphatic rings. The molecule has 5 rings (SSSR count). The molecule has 2 aromatic heterocycles. The molecule has 212 valence electrons. The molecule has 1 fully saturated rings. The first-order valence-corrected chi connectivity index (χ1v) is 13.5. The molecule has 13 heteroatoms. The van der Waals surface area contributed by atoms with Crippen molar-refractivity contribution in [1.29, 1.82) is 0 Å². The van der Waals surface area contributed by atoms with E-state index in [9.17, 15) is 18.4 Å². The molecule has 0 saturated carbocycles. The second kappa shape index (κ2) is 10.8. The molecule has 0 radical (unpaired) electrons. The SMILES string of the molecule is CC(C)(C)OC(=O)N1CCC(n2c(=O)n(Cc3ccc(-c4nnc(C(F)F)o4)cc3F)c3cc(Br)ccc32)CC1. The highest BCUT2D eigenvalue weighted by Crippen LogP contribution is 2.30. The Balaban J connectivity index is 1.42. The largest absolute Gasteiger partial charge is 0.444 e. The number of aromatic nitrogens is 4. The van der Waals surface area contributed by atoms with Crippen molar-refractivity contribution in [3.63, 3.8) is 0 Å². The number of alkyl halides is 2. The Kier molecular flexibility index (Phi) is 7.51. The van der Waals surface area contributed by atoms with Crippen LogP contribution in [0.1, 0.15) is 57.5 Å². The Labute approximate surface area is 235 Å². The van der Waals surface area contributed by atoms with Crippen molar-refractivity contribution in [3.8, 4) is 11.5 Å². The monoisotopic (exact) mass is 621 g/mol. The number of carbonyl (C=O) groups is 1. The number of fused-ring (bicyclic) bond motifs is 1. The van der Waals surface area contributed by atoms with Gasteiger partial charge >= 0.3 is 18.2 Å². The standard InChI is InChI=1S/C27H27BrF3N5O4/c1-27(2,3)40-26(38)34-10-8-18(9-11-34)36-20-7-6-17(28)13-21(20)35(25(36)37)14-16-5-4-15(12-19(16)29)23-32-33-24(39-23)22(30)31/h4-7,12-13,18,22H,8-11,14H2,1-3H3. The van der Waals surface area contributed by atoms with Gasteiger partial charge in [-0.15, -0.1) is 10.2 Å². The van der Waals surface area contributed by atoms with Gasteiger partial charge in [0.25, 0.3) is 5.89 Å². The smallest absolute Gasteiger partial charge is 0.410 e. The van der Waals surface area contributed by atoms with Crippen molar-refractivity contribution in [2.75, 3.05) is 13.1 Å². The molecule has 9 nitrogen and oxygen atoms in total. The minimum atomic E-state index is -2.93. The summed E-state index contributed by atoms with van der Waals surface area (Å²) in [6.07, 6.45) is -2.20. The number of hydrogen-bond donors (Lipinski definition) is 0. The van der Waals surface area contributed by atoms with Crippen LogP contribution in [0.5, 0.6) is 0 Å². The number of halogens is 4. The lowest BCUT2D eigenvalue weighted by Crippen LogP contribution is -2.43. The van der Waals surface area contributed by atoms with Gasteiger partial charge in [-0.3, -0.25) is 9.13 Å². The van der Waals surface area contributed by atoms with Gasteiger partial charge in [0, 0.05) is 34.7 Å². The van der Waals surface area contributed by atoms with Crippen LogP contribution in [0.2, 0.25) is 0 Å². The van der Waals surface area contributed by atoms with E-state index in [1.54, 1.807) is 15.5 Å². The lowest BCUT2D eigenvalue weighted by atomic mass is 10.0. The predicted octanol–water partition coefficient (Wildman–Crippen LogP) is 6.31. The average molecular weight is 622 g/mol. The van der Waals surface area contributed by atoms with Gasteiger partial charge in [0.2, 0.25) is 5.89 Å². The summed E-state index contributed by atoms with van der Waals surface area (Å²) >= 11 is 3.46. The highest BCUT2D eigenvalue weighted by atomic mass is 79.9. The van der Waals surface area contributed by atoms with Crippen molar-refractivity contribution in [2.24, 2.45) is 0 Å². The summed E-state index contributed by atoms with van der Waals surface area (Å²) in [6.45, 7) is 6.26. The molecule has 0 N–H and O–H groups in total. The summed E-state index contributed by atoms with van der Waals surface area (Å²) in [5, 5.41) is 6.83. The van der Waals surface area contributed by atoms with Crippen molar-refractivity contribution < 1.29 is 27.1 Å². The number of benzene rings is 2. The Hall–Kier alpha value is -3.61. The van der Waals surface area contributed by atoms with Gasteiger partial charge in [0.05, 0.1) is 17.6 Å². The minimum absolute atomic E-state index is 0.0617. The maximum atomic E-state index is 15.2. The number of imidazole rings is 1. The quantitative estimate of drug-likeness (QED) is 0.259. The number of amides is 1. The van der Waals surface area contributed by atoms with E-state index in [2.05, 4.69) is 26.1 Å². The molecule has 0 atom stereocenters. The van der Waals surface area contributed by atoms with Crippen LogP contribution < -0.4 is 5.69 Å².